The lowest BCUT2D eigenvalue weighted by atomic mass is 9.94. The van der Waals surface area contributed by atoms with Crippen molar-refractivity contribution in [1.29, 1.82) is 0 Å². The highest BCUT2D eigenvalue weighted by atomic mass is 35.5. The zero-order valence-electron chi connectivity index (χ0n) is 12.1. The Bertz CT molecular complexity index is 579. The number of nitrogens with zero attached hydrogens (tertiary/aromatic N) is 1. The van der Waals surface area contributed by atoms with Crippen molar-refractivity contribution in [2.24, 2.45) is 0 Å². The van der Waals surface area contributed by atoms with Crippen molar-refractivity contribution in [3.05, 3.63) is 34.9 Å². The van der Waals surface area contributed by atoms with E-state index in [0.717, 1.165) is 31.2 Å². The third-order valence-corrected chi connectivity index (χ3v) is 4.44. The number of benzene rings is 1. The predicted molar refractivity (Wildman–Crippen MR) is 81.2 cm³/mol. The number of carbonyl (C=O) groups excluding carboxylic acids is 2. The van der Waals surface area contributed by atoms with E-state index in [1.54, 1.807) is 13.1 Å². The van der Waals surface area contributed by atoms with E-state index in [9.17, 15) is 9.59 Å². The Labute approximate surface area is 129 Å². The minimum absolute atomic E-state index is 0.00992. The minimum Gasteiger partial charge on any atom is -0.352 e. The summed E-state index contributed by atoms with van der Waals surface area (Å²) in [5, 5.41) is 3.55. The second-order valence-electron chi connectivity index (χ2n) is 6.10. The van der Waals surface area contributed by atoms with Gasteiger partial charge in [-0.2, -0.15) is 0 Å². The lowest BCUT2D eigenvalue weighted by molar-refractivity contribution is -0.136. The van der Waals surface area contributed by atoms with Crippen molar-refractivity contribution in [1.82, 2.24) is 10.2 Å². The van der Waals surface area contributed by atoms with E-state index in [1.165, 1.54) is 4.90 Å². The lowest BCUT2D eigenvalue weighted by Gasteiger charge is -2.23. The van der Waals surface area contributed by atoms with E-state index < -0.39 is 5.41 Å². The Morgan fingerprint density at radius 1 is 1.38 bits per heavy atom. The van der Waals surface area contributed by atoms with Gasteiger partial charge in [-0.05, 0) is 43.4 Å². The van der Waals surface area contributed by atoms with Crippen molar-refractivity contribution < 1.29 is 9.59 Å². The number of nitrogens with one attached hydrogen (secondary N) is 1. The first kappa shape index (κ1) is 14.4. The number of likely N-dealkylation sites (N-methyl/N-ethyl adjacent to an activating group) is 1. The van der Waals surface area contributed by atoms with Crippen LogP contribution in [0, 0.1) is 0 Å². The summed E-state index contributed by atoms with van der Waals surface area (Å²) < 4.78 is 0. The van der Waals surface area contributed by atoms with Crippen molar-refractivity contribution in [3.8, 4) is 0 Å². The number of hydrogen-bond donors (Lipinski definition) is 1. The van der Waals surface area contributed by atoms with Crippen LogP contribution in [0.2, 0.25) is 5.02 Å². The van der Waals surface area contributed by atoms with Gasteiger partial charge in [0.25, 0.3) is 0 Å². The van der Waals surface area contributed by atoms with Gasteiger partial charge in [0.15, 0.2) is 0 Å². The maximum Gasteiger partial charge on any atom is 0.239 e. The molecular weight excluding hydrogens is 288 g/mol. The highest BCUT2D eigenvalue weighted by Crippen LogP contribution is 2.49. The molecule has 0 heterocycles. The van der Waals surface area contributed by atoms with Crippen LogP contribution in [-0.2, 0) is 15.0 Å². The molecule has 4 nitrogen and oxygen atoms in total. The standard InChI is InChI=1S/C16H19ClN2O2/c1-19(10-14(20)18-13-5-6-13)15(21)16(7-8-16)11-3-2-4-12(17)9-11/h2-4,9,13H,5-8,10H2,1H3,(H,18,20). The molecule has 0 saturated heterocycles. The zero-order chi connectivity index (χ0) is 15.0. The summed E-state index contributed by atoms with van der Waals surface area (Å²) in [7, 11) is 1.69. The molecule has 0 bridgehead atoms. The van der Waals surface area contributed by atoms with Gasteiger partial charge in [-0.3, -0.25) is 9.59 Å². The monoisotopic (exact) mass is 306 g/mol. The summed E-state index contributed by atoms with van der Waals surface area (Å²) in [6.45, 7) is 0.123. The number of carbonyl (C=O) groups is 2. The van der Waals surface area contributed by atoms with E-state index in [1.807, 2.05) is 18.2 Å². The molecule has 0 unspecified atom stereocenters. The van der Waals surface area contributed by atoms with Gasteiger partial charge in [0.1, 0.15) is 0 Å². The molecule has 2 amide bonds. The maximum absolute atomic E-state index is 12.7. The van der Waals surface area contributed by atoms with Crippen LogP contribution in [0.3, 0.4) is 0 Å². The molecule has 2 fully saturated rings. The molecule has 0 atom stereocenters. The third-order valence-electron chi connectivity index (χ3n) is 4.21. The largest absolute Gasteiger partial charge is 0.352 e. The molecule has 0 aromatic heterocycles. The molecule has 2 aliphatic carbocycles. The quantitative estimate of drug-likeness (QED) is 0.906. The van der Waals surface area contributed by atoms with Crippen molar-refractivity contribution in [2.75, 3.05) is 13.6 Å². The Morgan fingerprint density at radius 3 is 2.67 bits per heavy atom. The van der Waals surface area contributed by atoms with E-state index in [4.69, 9.17) is 11.6 Å². The molecule has 1 N–H and O–H groups in total. The van der Waals surface area contributed by atoms with Crippen LogP contribution >= 0.6 is 11.6 Å². The van der Waals surface area contributed by atoms with Crippen LogP contribution in [0.4, 0.5) is 0 Å². The van der Waals surface area contributed by atoms with Gasteiger partial charge < -0.3 is 10.2 Å². The normalized spacial score (nSPS) is 19.0. The third kappa shape index (κ3) is 3.05. The summed E-state index contributed by atoms with van der Waals surface area (Å²) in [6, 6.07) is 7.78. The fourth-order valence-electron chi connectivity index (χ4n) is 2.69. The molecule has 0 aliphatic heterocycles. The summed E-state index contributed by atoms with van der Waals surface area (Å²) in [4.78, 5) is 26.0. The van der Waals surface area contributed by atoms with E-state index in [-0.39, 0.29) is 18.4 Å². The SMILES string of the molecule is CN(CC(=O)NC1CC1)C(=O)C1(c2cccc(Cl)c2)CC1. The molecule has 0 spiro atoms. The van der Waals surface area contributed by atoms with Crippen molar-refractivity contribution >= 4 is 23.4 Å². The Morgan fingerprint density at radius 2 is 2.10 bits per heavy atom. The number of rotatable bonds is 5. The number of amides is 2. The Hall–Kier alpha value is -1.55. The van der Waals surface area contributed by atoms with Gasteiger partial charge in [-0.25, -0.2) is 0 Å². The second kappa shape index (κ2) is 5.34. The summed E-state index contributed by atoms with van der Waals surface area (Å²) >= 11 is 6.02. The topological polar surface area (TPSA) is 49.4 Å². The predicted octanol–water partition coefficient (Wildman–Crippen LogP) is 2.11. The highest BCUT2D eigenvalue weighted by molar-refractivity contribution is 6.30. The van der Waals surface area contributed by atoms with Crippen molar-refractivity contribution in [3.63, 3.8) is 0 Å². The van der Waals surface area contributed by atoms with Gasteiger partial charge in [0.2, 0.25) is 11.8 Å². The molecule has 3 rings (SSSR count). The molecule has 1 aromatic carbocycles. The van der Waals surface area contributed by atoms with Crippen LogP contribution in [-0.4, -0.2) is 36.3 Å². The molecule has 21 heavy (non-hydrogen) atoms. The number of halogens is 1. The molecule has 112 valence electrons. The Balaban J connectivity index is 1.67. The first-order valence-electron chi connectivity index (χ1n) is 7.32. The minimum atomic E-state index is -0.473. The van der Waals surface area contributed by atoms with Gasteiger partial charge >= 0.3 is 0 Å². The van der Waals surface area contributed by atoms with Crippen LogP contribution in [0.1, 0.15) is 31.2 Å². The number of hydrogen-bond acceptors (Lipinski definition) is 2. The van der Waals surface area contributed by atoms with Gasteiger partial charge in [-0.15, -0.1) is 0 Å². The summed E-state index contributed by atoms with van der Waals surface area (Å²) in [5.74, 6) is -0.0639. The van der Waals surface area contributed by atoms with Crippen LogP contribution in [0.15, 0.2) is 24.3 Å². The van der Waals surface area contributed by atoms with Gasteiger partial charge in [0.05, 0.1) is 12.0 Å². The molecule has 2 aliphatic rings. The Kier molecular flexibility index (Phi) is 3.66. The summed E-state index contributed by atoms with van der Waals surface area (Å²) in [6.07, 6.45) is 3.74. The van der Waals surface area contributed by atoms with Gasteiger partial charge in [-0.1, -0.05) is 23.7 Å². The first-order chi connectivity index (χ1) is 10.0. The molecule has 1 aromatic rings. The van der Waals surface area contributed by atoms with E-state index in [2.05, 4.69) is 5.32 Å². The fourth-order valence-corrected chi connectivity index (χ4v) is 2.88. The average Bonchev–Trinajstić information content (AvgIpc) is 3.32. The maximum atomic E-state index is 12.7. The summed E-state index contributed by atoms with van der Waals surface area (Å²) in [5.41, 5.74) is 0.480. The second-order valence-corrected chi connectivity index (χ2v) is 6.53. The van der Waals surface area contributed by atoms with Gasteiger partial charge in [0, 0.05) is 18.1 Å². The highest BCUT2D eigenvalue weighted by Gasteiger charge is 2.52. The lowest BCUT2D eigenvalue weighted by Crippen LogP contribution is -2.43. The van der Waals surface area contributed by atoms with Crippen LogP contribution in [0.5, 0.6) is 0 Å². The average molecular weight is 307 g/mol. The molecule has 2 saturated carbocycles. The molecule has 0 radical (unpaired) electrons. The molecular formula is C16H19ClN2O2. The van der Waals surface area contributed by atoms with E-state index >= 15 is 0 Å². The zero-order valence-corrected chi connectivity index (χ0v) is 12.8. The van der Waals surface area contributed by atoms with Crippen LogP contribution < -0.4 is 5.32 Å². The van der Waals surface area contributed by atoms with E-state index in [0.29, 0.717) is 11.1 Å². The fraction of sp³-hybridized carbons (Fsp3) is 0.500. The smallest absolute Gasteiger partial charge is 0.239 e. The van der Waals surface area contributed by atoms with Crippen molar-refractivity contribution in [2.45, 2.75) is 37.1 Å². The first-order valence-corrected chi connectivity index (χ1v) is 7.70. The van der Waals surface area contributed by atoms with Crippen LogP contribution in [0.25, 0.3) is 0 Å². The molecule has 5 heteroatoms.